The van der Waals surface area contributed by atoms with Gasteiger partial charge < -0.3 is 10.2 Å². The molecule has 4 nitrogen and oxygen atoms in total. The highest BCUT2D eigenvalue weighted by atomic mass is 16.4. The summed E-state index contributed by atoms with van der Waals surface area (Å²) in [6.45, 7) is 8.81. The van der Waals surface area contributed by atoms with Gasteiger partial charge in [-0.05, 0) is 48.3 Å². The van der Waals surface area contributed by atoms with Crippen LogP contribution in [0.15, 0.2) is 12.1 Å². The van der Waals surface area contributed by atoms with Crippen LogP contribution in [0, 0.1) is 11.8 Å². The lowest BCUT2D eigenvalue weighted by Crippen LogP contribution is -2.14. The van der Waals surface area contributed by atoms with Crippen LogP contribution >= 0.6 is 0 Å². The van der Waals surface area contributed by atoms with Crippen molar-refractivity contribution >= 4 is 11.9 Å². The van der Waals surface area contributed by atoms with Gasteiger partial charge in [0.2, 0.25) is 0 Å². The number of carboxylic acids is 2. The number of unbranched alkanes of at least 4 members (excludes halogenated alkanes) is 12. The molecule has 0 heterocycles. The van der Waals surface area contributed by atoms with E-state index in [1.807, 2.05) is 6.07 Å². The summed E-state index contributed by atoms with van der Waals surface area (Å²) in [6, 6.07) is 3.27. The summed E-state index contributed by atoms with van der Waals surface area (Å²) in [5, 5.41) is 19.2. The Morgan fingerprint density at radius 2 is 1.12 bits per heavy atom. The molecule has 0 aliphatic carbocycles. The van der Waals surface area contributed by atoms with Crippen molar-refractivity contribution in [3.05, 3.63) is 34.4 Å². The highest BCUT2D eigenvalue weighted by Crippen LogP contribution is 2.25. The number of hydrogen-bond acceptors (Lipinski definition) is 2. The molecular weight excluding hydrogens is 424 g/mol. The molecule has 194 valence electrons. The molecule has 0 saturated heterocycles. The largest absolute Gasteiger partial charge is 0.478 e. The van der Waals surface area contributed by atoms with Gasteiger partial charge >= 0.3 is 11.9 Å². The van der Waals surface area contributed by atoms with Crippen LogP contribution in [0.1, 0.15) is 149 Å². The zero-order valence-electron chi connectivity index (χ0n) is 22.3. The highest BCUT2D eigenvalue weighted by Gasteiger charge is 2.22. The number of aromatic carboxylic acids is 2. The molecule has 1 rings (SSSR count). The lowest BCUT2D eigenvalue weighted by Gasteiger charge is -2.16. The molecule has 0 aliphatic heterocycles. The summed E-state index contributed by atoms with van der Waals surface area (Å²) in [7, 11) is 0. The molecule has 0 bridgehead atoms. The molecule has 0 fully saturated rings. The van der Waals surface area contributed by atoms with Gasteiger partial charge in [0, 0.05) is 0 Å². The maximum atomic E-state index is 11.9. The van der Waals surface area contributed by atoms with Crippen LogP contribution in [0.3, 0.4) is 0 Å². The van der Waals surface area contributed by atoms with Crippen molar-refractivity contribution in [1.29, 1.82) is 0 Å². The lowest BCUT2D eigenvalue weighted by atomic mass is 9.88. The van der Waals surface area contributed by atoms with Gasteiger partial charge in [-0.15, -0.1) is 0 Å². The fourth-order valence-electron chi connectivity index (χ4n) is 4.83. The minimum absolute atomic E-state index is 0.00873. The highest BCUT2D eigenvalue weighted by molar-refractivity contribution is 6.03. The Balaban J connectivity index is 2.29. The molecule has 2 N–H and O–H groups in total. The van der Waals surface area contributed by atoms with Crippen molar-refractivity contribution in [1.82, 2.24) is 0 Å². The second-order valence-electron chi connectivity index (χ2n) is 10.9. The van der Waals surface area contributed by atoms with E-state index in [-0.39, 0.29) is 11.1 Å². The smallest absolute Gasteiger partial charge is 0.336 e. The van der Waals surface area contributed by atoms with Gasteiger partial charge in [-0.1, -0.05) is 117 Å². The van der Waals surface area contributed by atoms with E-state index in [9.17, 15) is 19.8 Å². The quantitative estimate of drug-likeness (QED) is 0.185. The zero-order valence-corrected chi connectivity index (χ0v) is 22.3. The molecule has 34 heavy (non-hydrogen) atoms. The lowest BCUT2D eigenvalue weighted by molar-refractivity contribution is 0.0650. The van der Waals surface area contributed by atoms with Crippen molar-refractivity contribution in [3.8, 4) is 0 Å². The number of hydrogen-bond donors (Lipinski definition) is 2. The predicted octanol–water partition coefficient (Wildman–Crippen LogP) is 8.94. The average Bonchev–Trinajstić information content (AvgIpc) is 2.75. The van der Waals surface area contributed by atoms with Gasteiger partial charge in [-0.2, -0.15) is 0 Å². The Morgan fingerprint density at radius 1 is 0.647 bits per heavy atom. The van der Waals surface area contributed by atoms with Gasteiger partial charge in [-0.25, -0.2) is 9.59 Å². The Morgan fingerprint density at radius 3 is 1.53 bits per heavy atom. The third-order valence-corrected chi connectivity index (χ3v) is 6.69. The van der Waals surface area contributed by atoms with Crippen LogP contribution < -0.4 is 0 Å². The fourth-order valence-corrected chi connectivity index (χ4v) is 4.83. The van der Waals surface area contributed by atoms with Gasteiger partial charge in [-0.3, -0.25) is 0 Å². The number of carbonyl (C=O) groups is 2. The van der Waals surface area contributed by atoms with Gasteiger partial charge in [0.25, 0.3) is 0 Å². The summed E-state index contributed by atoms with van der Waals surface area (Å²) in [5.74, 6) is -1.07. The Labute approximate surface area is 208 Å². The van der Waals surface area contributed by atoms with E-state index in [0.29, 0.717) is 12.3 Å². The minimum atomic E-state index is -1.17. The Hall–Kier alpha value is -1.84. The first kappa shape index (κ1) is 30.2. The molecule has 4 heteroatoms. The summed E-state index contributed by atoms with van der Waals surface area (Å²) in [5.41, 5.74) is 1.61. The summed E-state index contributed by atoms with van der Waals surface area (Å²) in [4.78, 5) is 23.5. The van der Waals surface area contributed by atoms with Crippen LogP contribution in [0.5, 0.6) is 0 Å². The molecule has 0 radical (unpaired) electrons. The van der Waals surface area contributed by atoms with Crippen LogP contribution in [0.4, 0.5) is 0 Å². The number of benzene rings is 1. The van der Waals surface area contributed by atoms with Crippen LogP contribution in [-0.4, -0.2) is 22.2 Å². The molecule has 1 aromatic carbocycles. The summed E-state index contributed by atoms with van der Waals surface area (Å²) >= 11 is 0. The summed E-state index contributed by atoms with van der Waals surface area (Å²) in [6.07, 6.45) is 19.4. The maximum Gasteiger partial charge on any atom is 0.336 e. The molecule has 0 amide bonds. The predicted molar refractivity (Wildman–Crippen MR) is 142 cm³/mol. The normalized spacial score (nSPS) is 11.5. The minimum Gasteiger partial charge on any atom is -0.478 e. The molecule has 0 unspecified atom stereocenters. The van der Waals surface area contributed by atoms with Crippen molar-refractivity contribution in [2.75, 3.05) is 0 Å². The van der Waals surface area contributed by atoms with Gasteiger partial charge in [0.1, 0.15) is 0 Å². The second kappa shape index (κ2) is 17.6. The maximum absolute atomic E-state index is 11.9. The van der Waals surface area contributed by atoms with Crippen LogP contribution in [-0.2, 0) is 12.8 Å². The Kier molecular flexibility index (Phi) is 15.6. The third-order valence-electron chi connectivity index (χ3n) is 6.69. The molecular formula is C30H50O4. The molecule has 0 aliphatic rings. The van der Waals surface area contributed by atoms with Crippen molar-refractivity contribution < 1.29 is 19.8 Å². The SMILES string of the molecule is CC(C)CCCCCCCCCCCCCCCc1c(CC(C)C)ccc(C(=O)O)c1C(=O)O. The van der Waals surface area contributed by atoms with E-state index >= 15 is 0 Å². The van der Waals surface area contributed by atoms with E-state index < -0.39 is 11.9 Å². The average molecular weight is 475 g/mol. The van der Waals surface area contributed by atoms with Gasteiger partial charge in [0.15, 0.2) is 0 Å². The molecule has 0 saturated carbocycles. The monoisotopic (exact) mass is 474 g/mol. The van der Waals surface area contributed by atoms with E-state index in [2.05, 4.69) is 27.7 Å². The van der Waals surface area contributed by atoms with Crippen molar-refractivity contribution in [3.63, 3.8) is 0 Å². The first-order valence-corrected chi connectivity index (χ1v) is 13.8. The van der Waals surface area contributed by atoms with Crippen molar-refractivity contribution in [2.45, 2.75) is 130 Å². The van der Waals surface area contributed by atoms with E-state index in [1.165, 1.54) is 76.7 Å². The molecule has 1 aromatic rings. The topological polar surface area (TPSA) is 74.6 Å². The standard InChI is InChI=1S/C30H50O4/c1-23(2)18-16-14-12-10-8-6-5-7-9-11-13-15-17-19-26-25(22-24(3)4)20-21-27(29(31)32)28(26)30(33)34/h20-21,23-24H,5-19,22H2,1-4H3,(H,31,32)(H,33,34). The first-order chi connectivity index (χ1) is 16.2. The van der Waals surface area contributed by atoms with E-state index in [1.54, 1.807) is 0 Å². The molecule has 0 atom stereocenters. The first-order valence-electron chi connectivity index (χ1n) is 13.8. The van der Waals surface area contributed by atoms with Crippen molar-refractivity contribution in [2.24, 2.45) is 11.8 Å². The molecule has 0 aromatic heterocycles. The fraction of sp³-hybridized carbons (Fsp3) is 0.733. The number of carboxylic acid groups (broad SMARTS) is 2. The number of rotatable bonds is 20. The zero-order chi connectivity index (χ0) is 25.3. The van der Waals surface area contributed by atoms with E-state index in [4.69, 9.17) is 0 Å². The summed E-state index contributed by atoms with van der Waals surface area (Å²) < 4.78 is 0. The molecule has 0 spiro atoms. The third kappa shape index (κ3) is 12.6. The van der Waals surface area contributed by atoms with Crippen LogP contribution in [0.25, 0.3) is 0 Å². The Bertz CT molecular complexity index is 721. The van der Waals surface area contributed by atoms with Gasteiger partial charge in [0.05, 0.1) is 11.1 Å². The second-order valence-corrected chi connectivity index (χ2v) is 10.9. The van der Waals surface area contributed by atoms with E-state index in [0.717, 1.165) is 42.7 Å². The van der Waals surface area contributed by atoms with Crippen LogP contribution in [0.2, 0.25) is 0 Å².